The molecule has 0 fully saturated rings. The van der Waals surface area contributed by atoms with Crippen molar-refractivity contribution in [2.75, 3.05) is 6.54 Å². The van der Waals surface area contributed by atoms with E-state index in [-0.39, 0.29) is 0 Å². The van der Waals surface area contributed by atoms with Gasteiger partial charge in [0.05, 0.1) is 12.7 Å². The average molecular weight is 117 g/mol. The predicted molar refractivity (Wildman–Crippen MR) is 30.4 cm³/mol. The molecule has 0 aromatic heterocycles. The highest BCUT2D eigenvalue weighted by atomic mass is 35.5. The molecule has 1 heterocycles. The monoisotopic (exact) mass is 116 g/mol. The van der Waals surface area contributed by atoms with E-state index in [1.807, 2.05) is 0 Å². The molecule has 0 amide bonds. The third kappa shape index (κ3) is 1.20. The molecular weight excluding hydrogens is 112 g/mol. The topological polar surface area (TPSA) is 24.4 Å². The minimum absolute atomic E-state index is 0.613. The number of nitrogens with one attached hydrogen (secondary N) is 1. The minimum atomic E-state index is 0.613. The molecule has 7 heavy (non-hydrogen) atoms. The molecule has 1 aliphatic rings. The summed E-state index contributed by atoms with van der Waals surface area (Å²) >= 11 is 5.45. The number of rotatable bonds is 0. The molecule has 0 aromatic rings. The van der Waals surface area contributed by atoms with Crippen LogP contribution in [-0.4, -0.2) is 12.8 Å². The molecule has 1 rings (SSSR count). The van der Waals surface area contributed by atoms with E-state index < -0.39 is 0 Å². The molecule has 0 saturated heterocycles. The van der Waals surface area contributed by atoms with E-state index in [1.54, 1.807) is 12.4 Å². The van der Waals surface area contributed by atoms with Gasteiger partial charge in [-0.15, -0.1) is 0 Å². The van der Waals surface area contributed by atoms with Crippen molar-refractivity contribution in [1.82, 2.24) is 5.32 Å². The highest BCUT2D eigenvalue weighted by Gasteiger charge is 1.89. The Labute approximate surface area is 46.9 Å². The first-order chi connectivity index (χ1) is 3.39. The maximum absolute atomic E-state index is 5.45. The van der Waals surface area contributed by atoms with Crippen LogP contribution in [0.25, 0.3) is 0 Å². The van der Waals surface area contributed by atoms with Gasteiger partial charge in [0, 0.05) is 6.21 Å². The van der Waals surface area contributed by atoms with Gasteiger partial charge in [0.2, 0.25) is 0 Å². The molecule has 0 aliphatic carbocycles. The molecule has 0 radical (unpaired) electrons. The smallest absolute Gasteiger partial charge is 0.121 e. The third-order valence-corrected chi connectivity index (χ3v) is 0.887. The number of nitrogens with zero attached hydrogens (tertiary/aromatic N) is 1. The second kappa shape index (κ2) is 1.98. The Morgan fingerprint density at radius 3 is 3.00 bits per heavy atom. The van der Waals surface area contributed by atoms with E-state index in [1.165, 1.54) is 0 Å². The first-order valence-corrected chi connectivity index (χ1v) is 2.38. The lowest BCUT2D eigenvalue weighted by Crippen LogP contribution is -2.14. The molecule has 0 unspecified atom stereocenters. The molecular formula is C4H5ClN2. The fourth-order valence-corrected chi connectivity index (χ4v) is 0.493. The van der Waals surface area contributed by atoms with Gasteiger partial charge >= 0.3 is 0 Å². The Kier molecular flexibility index (Phi) is 1.32. The van der Waals surface area contributed by atoms with E-state index in [2.05, 4.69) is 10.3 Å². The van der Waals surface area contributed by atoms with Crippen molar-refractivity contribution in [2.24, 2.45) is 4.99 Å². The van der Waals surface area contributed by atoms with E-state index in [9.17, 15) is 0 Å². The first-order valence-electron chi connectivity index (χ1n) is 2.01. The SMILES string of the molecule is ClC1=CN=CCN1. The summed E-state index contributed by atoms with van der Waals surface area (Å²) < 4.78 is 0. The van der Waals surface area contributed by atoms with E-state index >= 15 is 0 Å². The largest absolute Gasteiger partial charge is 0.370 e. The zero-order chi connectivity index (χ0) is 5.11. The summed E-state index contributed by atoms with van der Waals surface area (Å²) in [4.78, 5) is 3.78. The molecule has 0 bridgehead atoms. The molecule has 2 nitrogen and oxygen atoms in total. The summed E-state index contributed by atoms with van der Waals surface area (Å²) in [5, 5.41) is 3.47. The Bertz CT molecular complexity index is 117. The number of halogens is 1. The maximum atomic E-state index is 5.45. The molecule has 1 N–H and O–H groups in total. The summed E-state index contributed by atoms with van der Waals surface area (Å²) in [6, 6.07) is 0. The van der Waals surface area contributed by atoms with Crippen molar-refractivity contribution in [3.05, 3.63) is 11.4 Å². The van der Waals surface area contributed by atoms with Gasteiger partial charge in [-0.25, -0.2) is 0 Å². The maximum Gasteiger partial charge on any atom is 0.121 e. The van der Waals surface area contributed by atoms with Gasteiger partial charge in [0.15, 0.2) is 0 Å². The highest BCUT2D eigenvalue weighted by Crippen LogP contribution is 1.96. The van der Waals surface area contributed by atoms with Gasteiger partial charge in [-0.3, -0.25) is 4.99 Å². The molecule has 0 spiro atoms. The van der Waals surface area contributed by atoms with Gasteiger partial charge in [-0.1, -0.05) is 11.6 Å². The van der Waals surface area contributed by atoms with Crippen LogP contribution in [0.4, 0.5) is 0 Å². The average Bonchev–Trinajstić information content (AvgIpc) is 1.69. The molecule has 0 aromatic carbocycles. The predicted octanol–water partition coefficient (Wildman–Crippen LogP) is 0.698. The lowest BCUT2D eigenvalue weighted by atomic mass is 10.6. The lowest BCUT2D eigenvalue weighted by molar-refractivity contribution is 0.980. The van der Waals surface area contributed by atoms with Crippen molar-refractivity contribution in [2.45, 2.75) is 0 Å². The number of hydrogen-bond acceptors (Lipinski definition) is 2. The van der Waals surface area contributed by atoms with E-state index in [0.717, 1.165) is 6.54 Å². The number of aliphatic imine (C=N–C) groups is 1. The minimum Gasteiger partial charge on any atom is -0.370 e. The van der Waals surface area contributed by atoms with Crippen LogP contribution in [0.2, 0.25) is 0 Å². The Morgan fingerprint density at radius 2 is 2.71 bits per heavy atom. The van der Waals surface area contributed by atoms with Crippen molar-refractivity contribution in [3.8, 4) is 0 Å². The van der Waals surface area contributed by atoms with E-state index in [0.29, 0.717) is 5.16 Å². The van der Waals surface area contributed by atoms with Crippen LogP contribution in [-0.2, 0) is 0 Å². The molecule has 0 atom stereocenters. The molecule has 38 valence electrons. The lowest BCUT2D eigenvalue weighted by Gasteiger charge is -2.00. The molecule has 3 heteroatoms. The van der Waals surface area contributed by atoms with E-state index in [4.69, 9.17) is 11.6 Å². The van der Waals surface area contributed by atoms with Crippen molar-refractivity contribution >= 4 is 17.8 Å². The number of hydrogen-bond donors (Lipinski definition) is 1. The molecule has 0 saturated carbocycles. The first kappa shape index (κ1) is 4.65. The van der Waals surface area contributed by atoms with Gasteiger partial charge in [-0.2, -0.15) is 0 Å². The second-order valence-corrected chi connectivity index (χ2v) is 1.60. The summed E-state index contributed by atoms with van der Waals surface area (Å²) in [7, 11) is 0. The van der Waals surface area contributed by atoms with Gasteiger partial charge < -0.3 is 5.32 Å². The van der Waals surface area contributed by atoms with Crippen LogP contribution in [0.3, 0.4) is 0 Å². The summed E-state index contributed by atoms with van der Waals surface area (Å²) in [5.41, 5.74) is 0. The molecule has 1 aliphatic heterocycles. The van der Waals surface area contributed by atoms with Gasteiger partial charge in [0.1, 0.15) is 5.16 Å². The Morgan fingerprint density at radius 1 is 1.86 bits per heavy atom. The highest BCUT2D eigenvalue weighted by molar-refractivity contribution is 6.29. The van der Waals surface area contributed by atoms with Gasteiger partial charge in [-0.05, 0) is 0 Å². The fraction of sp³-hybridized carbons (Fsp3) is 0.250. The quantitative estimate of drug-likeness (QED) is 0.463. The summed E-state index contributed by atoms with van der Waals surface area (Å²) in [6.45, 7) is 0.745. The Balaban J connectivity index is 2.57. The normalized spacial score (nSPS) is 18.1. The van der Waals surface area contributed by atoms with Crippen LogP contribution < -0.4 is 5.32 Å². The van der Waals surface area contributed by atoms with Crippen LogP contribution in [0.1, 0.15) is 0 Å². The van der Waals surface area contributed by atoms with Crippen LogP contribution in [0, 0.1) is 0 Å². The zero-order valence-electron chi connectivity index (χ0n) is 3.69. The van der Waals surface area contributed by atoms with Crippen molar-refractivity contribution in [1.29, 1.82) is 0 Å². The van der Waals surface area contributed by atoms with Crippen molar-refractivity contribution < 1.29 is 0 Å². The van der Waals surface area contributed by atoms with Crippen LogP contribution in [0.5, 0.6) is 0 Å². The standard InChI is InChI=1S/C4H5ClN2/c5-4-3-6-1-2-7-4/h1,3,7H,2H2. The van der Waals surface area contributed by atoms with Gasteiger partial charge in [0.25, 0.3) is 0 Å². The van der Waals surface area contributed by atoms with Crippen molar-refractivity contribution in [3.63, 3.8) is 0 Å². The third-order valence-electron chi connectivity index (χ3n) is 0.656. The second-order valence-electron chi connectivity index (χ2n) is 1.19. The van der Waals surface area contributed by atoms with Crippen LogP contribution >= 0.6 is 11.6 Å². The summed E-state index contributed by atoms with van der Waals surface area (Å²) in [6.07, 6.45) is 3.33. The van der Waals surface area contributed by atoms with Crippen LogP contribution in [0.15, 0.2) is 16.3 Å². The zero-order valence-corrected chi connectivity index (χ0v) is 4.44. The fourth-order valence-electron chi connectivity index (χ4n) is 0.360. The Hall–Kier alpha value is -0.500. The summed E-state index contributed by atoms with van der Waals surface area (Å²) in [5.74, 6) is 0.